The zero-order chi connectivity index (χ0) is 31.7. The Balaban J connectivity index is 1.39. The number of benzene rings is 4. The molecular formula is C38H37N4+. The number of nitrogens with zero attached hydrogens (tertiary/aromatic N) is 4. The van der Waals surface area contributed by atoms with Crippen LogP contribution in [0.2, 0.25) is 0 Å². The molecule has 0 saturated heterocycles. The van der Waals surface area contributed by atoms with Crippen LogP contribution in [0, 0.1) is 0 Å². The van der Waals surface area contributed by atoms with Gasteiger partial charge in [0.1, 0.15) is 11.5 Å². The van der Waals surface area contributed by atoms with E-state index in [1.807, 2.05) is 41.1 Å². The highest BCUT2D eigenvalue weighted by molar-refractivity contribution is 6.09. The van der Waals surface area contributed by atoms with Gasteiger partial charge in [-0.05, 0) is 70.6 Å². The minimum absolute atomic E-state index is 0.00240. The molecule has 0 aliphatic carbocycles. The first-order valence-electron chi connectivity index (χ1n) is 16.0. The summed E-state index contributed by atoms with van der Waals surface area (Å²) in [6, 6.07) is 35.7. The van der Waals surface area contributed by atoms with Crippen molar-refractivity contribution in [3.8, 4) is 11.5 Å². The zero-order valence-electron chi connectivity index (χ0n) is 27.8. The second-order valence-electron chi connectivity index (χ2n) is 12.8. The van der Waals surface area contributed by atoms with Crippen molar-refractivity contribution in [2.45, 2.75) is 45.4 Å². The van der Waals surface area contributed by atoms with E-state index in [2.05, 4.69) is 112 Å². The molecule has 7 rings (SSSR count). The molecule has 4 aromatic carbocycles. The molecule has 208 valence electrons. The van der Waals surface area contributed by atoms with E-state index in [0.717, 1.165) is 33.6 Å². The normalized spacial score (nSPS) is 13.9. The maximum Gasteiger partial charge on any atom is 0.249 e. The van der Waals surface area contributed by atoms with Crippen LogP contribution in [0.3, 0.4) is 0 Å². The number of imidazole rings is 1. The van der Waals surface area contributed by atoms with E-state index in [1.54, 1.807) is 6.33 Å². The van der Waals surface area contributed by atoms with Gasteiger partial charge in [0.2, 0.25) is 6.33 Å². The summed E-state index contributed by atoms with van der Waals surface area (Å²) in [4.78, 5) is 4.85. The van der Waals surface area contributed by atoms with Gasteiger partial charge < -0.3 is 0 Å². The fraction of sp³-hybridized carbons (Fsp3) is 0.211. The van der Waals surface area contributed by atoms with Crippen LogP contribution >= 0.6 is 0 Å². The van der Waals surface area contributed by atoms with Gasteiger partial charge in [-0.3, -0.25) is 4.57 Å². The van der Waals surface area contributed by atoms with E-state index in [0.29, 0.717) is 5.52 Å². The maximum absolute atomic E-state index is 8.09. The molecular weight excluding hydrogens is 512 g/mol. The Morgan fingerprint density at radius 1 is 0.667 bits per heavy atom. The lowest BCUT2D eigenvalue weighted by Gasteiger charge is -2.27. The summed E-state index contributed by atoms with van der Waals surface area (Å²) in [7, 11) is 0. The Kier molecular flexibility index (Phi) is 5.14. The Morgan fingerprint density at radius 3 is 2.21 bits per heavy atom. The molecule has 0 aliphatic rings. The van der Waals surface area contributed by atoms with Crippen LogP contribution < -0.4 is 4.57 Å². The number of fused-ring (bicyclic) bond motifs is 4. The molecule has 4 heteroatoms. The van der Waals surface area contributed by atoms with E-state index in [4.69, 9.17) is 9.10 Å². The first-order chi connectivity index (χ1) is 21.3. The quantitative estimate of drug-likeness (QED) is 0.201. The predicted octanol–water partition coefficient (Wildman–Crippen LogP) is 8.57. The molecule has 0 radical (unpaired) electrons. The summed E-state index contributed by atoms with van der Waals surface area (Å²) in [5.74, 6) is 0.910. The van der Waals surface area contributed by atoms with Gasteiger partial charge in [0.25, 0.3) is 0 Å². The number of hydrogen-bond donors (Lipinski definition) is 0. The molecule has 0 spiro atoms. The monoisotopic (exact) mass is 552 g/mol. The average Bonchev–Trinajstić information content (AvgIpc) is 3.57. The summed E-state index contributed by atoms with van der Waals surface area (Å²) >= 11 is 0. The van der Waals surface area contributed by atoms with E-state index >= 15 is 0 Å². The van der Waals surface area contributed by atoms with E-state index in [-0.39, 0.29) is 10.8 Å². The van der Waals surface area contributed by atoms with E-state index < -0.39 is 6.98 Å². The minimum Gasteiger partial charge on any atom is -0.294 e. The number of aromatic nitrogens is 4. The topological polar surface area (TPSA) is 26.6 Å². The van der Waals surface area contributed by atoms with Crippen molar-refractivity contribution in [1.82, 2.24) is 14.1 Å². The molecule has 4 nitrogen and oxygen atoms in total. The molecule has 0 aliphatic heterocycles. The molecule has 3 heterocycles. The third-order valence-corrected chi connectivity index (χ3v) is 8.71. The third-order valence-electron chi connectivity index (χ3n) is 8.71. The van der Waals surface area contributed by atoms with Crippen LogP contribution in [-0.2, 0) is 17.8 Å². The highest BCUT2D eigenvalue weighted by Crippen LogP contribution is 2.38. The Bertz CT molecular complexity index is 2230. The molecule has 0 amide bonds. The molecule has 0 fully saturated rings. The fourth-order valence-electron chi connectivity index (χ4n) is 6.14. The van der Waals surface area contributed by atoms with Crippen LogP contribution in [0.25, 0.3) is 44.3 Å². The van der Waals surface area contributed by atoms with Gasteiger partial charge in [-0.1, -0.05) is 89.2 Å². The summed E-state index contributed by atoms with van der Waals surface area (Å²) in [6.07, 6.45) is 3.60. The number of aryl methyl sites for hydroxylation is 1. The van der Waals surface area contributed by atoms with Gasteiger partial charge >= 0.3 is 0 Å². The number of rotatable bonds is 4. The largest absolute Gasteiger partial charge is 0.294 e. The first-order valence-corrected chi connectivity index (χ1v) is 14.5. The van der Waals surface area contributed by atoms with Crippen molar-refractivity contribution >= 4 is 32.8 Å². The fourth-order valence-corrected chi connectivity index (χ4v) is 6.14. The Hall–Kier alpha value is -4.70. The highest BCUT2D eigenvalue weighted by Gasteiger charge is 2.27. The highest BCUT2D eigenvalue weighted by atomic mass is 15.1. The lowest BCUT2D eigenvalue weighted by Crippen LogP contribution is -2.25. The van der Waals surface area contributed by atoms with Gasteiger partial charge in [-0.2, -0.15) is 4.57 Å². The first kappa shape index (κ1) is 22.9. The van der Waals surface area contributed by atoms with Crippen molar-refractivity contribution < 1.29 is 8.68 Å². The van der Waals surface area contributed by atoms with Crippen molar-refractivity contribution in [1.29, 1.82) is 0 Å². The van der Waals surface area contributed by atoms with Gasteiger partial charge in [-0.25, -0.2) is 9.55 Å². The van der Waals surface area contributed by atoms with Crippen LogP contribution in [0.1, 0.15) is 55.4 Å². The number of hydrogen-bond acceptors (Lipinski definition) is 1. The molecule has 7 aromatic rings. The van der Waals surface area contributed by atoms with Gasteiger partial charge in [-0.15, -0.1) is 0 Å². The average molecular weight is 553 g/mol. The SMILES string of the molecule is [2H]C([2H])([2H])[n+]1cn(-c2cccc(C(C)(C)c3ccc4c5ccccc5n(-c5cc(C(C)(C)C)ccn5)c4c3)c2)c2ccccc21. The Morgan fingerprint density at radius 2 is 1.40 bits per heavy atom. The molecule has 0 bridgehead atoms. The van der Waals surface area contributed by atoms with Crippen molar-refractivity contribution in [2.75, 3.05) is 0 Å². The third kappa shape index (κ3) is 4.13. The van der Waals surface area contributed by atoms with Crippen LogP contribution in [0.4, 0.5) is 0 Å². The maximum atomic E-state index is 8.09. The standard InChI is InChI=1S/C38H37N4/c1-37(2,3)26-20-21-39-36(24-26)42-32-15-8-7-14-30(32)31-19-18-28(23-35(31)42)38(4,5)27-12-11-13-29(22-27)41-25-40(6)33-16-9-10-17-34(33)41/h7-25H,1-6H3/q+1/i6D3. The lowest BCUT2D eigenvalue weighted by molar-refractivity contribution is -0.645. The predicted molar refractivity (Wildman–Crippen MR) is 174 cm³/mol. The number of para-hydroxylation sites is 3. The molecule has 3 aromatic heterocycles. The smallest absolute Gasteiger partial charge is 0.249 e. The van der Waals surface area contributed by atoms with Gasteiger partial charge in [0.05, 0.1) is 22.1 Å². The van der Waals surface area contributed by atoms with E-state index in [1.165, 1.54) is 26.5 Å². The second kappa shape index (κ2) is 9.42. The molecule has 0 atom stereocenters. The summed E-state index contributed by atoms with van der Waals surface area (Å²) in [5.41, 5.74) is 7.88. The van der Waals surface area contributed by atoms with Crippen LogP contribution in [-0.4, -0.2) is 14.1 Å². The molecule has 0 saturated carbocycles. The van der Waals surface area contributed by atoms with E-state index in [9.17, 15) is 0 Å². The van der Waals surface area contributed by atoms with Crippen LogP contribution in [0.15, 0.2) is 116 Å². The number of pyridine rings is 1. The zero-order valence-corrected chi connectivity index (χ0v) is 24.8. The lowest BCUT2D eigenvalue weighted by atomic mass is 9.77. The van der Waals surface area contributed by atoms with Crippen molar-refractivity contribution in [2.24, 2.45) is 6.98 Å². The van der Waals surface area contributed by atoms with Crippen molar-refractivity contribution in [3.05, 3.63) is 132 Å². The molecule has 0 unspecified atom stereocenters. The Labute approximate surface area is 251 Å². The second-order valence-corrected chi connectivity index (χ2v) is 12.8. The van der Waals surface area contributed by atoms with Crippen molar-refractivity contribution in [3.63, 3.8) is 0 Å². The van der Waals surface area contributed by atoms with Gasteiger partial charge in [0.15, 0.2) is 11.0 Å². The molecule has 42 heavy (non-hydrogen) atoms. The minimum atomic E-state index is -2.28. The van der Waals surface area contributed by atoms with Crippen LogP contribution in [0.5, 0.6) is 0 Å². The molecule has 0 N–H and O–H groups in total. The van der Waals surface area contributed by atoms with Gasteiger partial charge in [0, 0.05) is 22.4 Å². The summed E-state index contributed by atoms with van der Waals surface area (Å²) in [5, 5.41) is 2.39. The summed E-state index contributed by atoms with van der Waals surface area (Å²) < 4.78 is 29.9. The summed E-state index contributed by atoms with van der Waals surface area (Å²) in [6.45, 7) is 8.89.